The van der Waals surface area contributed by atoms with E-state index >= 15 is 0 Å². The molecular weight excluding hydrogens is 210 g/mol. The maximum atomic E-state index is 10.7. The predicted octanol–water partition coefficient (Wildman–Crippen LogP) is 1.46. The summed E-state index contributed by atoms with van der Waals surface area (Å²) in [6.07, 6.45) is 2.03. The van der Waals surface area contributed by atoms with Gasteiger partial charge in [0, 0.05) is 23.5 Å². The molecule has 0 aromatic carbocycles. The largest absolute Gasteiger partial charge is 0.229 e. The molecule has 0 heterocycles. The molecule has 0 atom stereocenters. The number of rotatable bonds is 7. The van der Waals surface area contributed by atoms with Crippen molar-refractivity contribution in [3.05, 3.63) is 10.4 Å². The first-order chi connectivity index (χ1) is 6.06. The van der Waals surface area contributed by atoms with Crippen LogP contribution in [0.3, 0.4) is 0 Å². The minimum atomic E-state index is -2.82. The van der Waals surface area contributed by atoms with Crippen LogP contribution in [0.1, 0.15) is 6.42 Å². The summed E-state index contributed by atoms with van der Waals surface area (Å²) in [6.45, 7) is 0.488. The minimum absolute atomic E-state index is 0.221. The van der Waals surface area contributed by atoms with Crippen molar-refractivity contribution in [1.82, 2.24) is 0 Å². The highest BCUT2D eigenvalue weighted by Gasteiger charge is 2.00. The Morgan fingerprint density at radius 1 is 1.46 bits per heavy atom. The van der Waals surface area contributed by atoms with E-state index < -0.39 is 9.84 Å². The Hall–Kier alpha value is -0.390. The molecule has 0 saturated carbocycles. The summed E-state index contributed by atoms with van der Waals surface area (Å²) in [5, 5.41) is 3.37. The van der Waals surface area contributed by atoms with Crippen molar-refractivity contribution < 1.29 is 8.42 Å². The molecule has 0 radical (unpaired) electrons. The average Bonchev–Trinajstić information content (AvgIpc) is 2.01. The van der Waals surface area contributed by atoms with E-state index in [1.807, 2.05) is 0 Å². The van der Waals surface area contributed by atoms with E-state index in [9.17, 15) is 8.42 Å². The zero-order valence-electron chi connectivity index (χ0n) is 7.51. The van der Waals surface area contributed by atoms with Crippen molar-refractivity contribution in [2.75, 3.05) is 30.1 Å². The van der Waals surface area contributed by atoms with E-state index in [1.165, 1.54) is 6.26 Å². The third-order valence-electron chi connectivity index (χ3n) is 1.21. The van der Waals surface area contributed by atoms with Crippen LogP contribution in [0, 0.1) is 0 Å². The molecule has 0 amide bonds. The summed E-state index contributed by atoms with van der Waals surface area (Å²) in [7, 11) is -2.82. The van der Waals surface area contributed by atoms with Crippen LogP contribution in [0.25, 0.3) is 10.4 Å². The van der Waals surface area contributed by atoms with Crippen molar-refractivity contribution in [2.24, 2.45) is 5.11 Å². The Morgan fingerprint density at radius 3 is 2.69 bits per heavy atom. The first-order valence-corrected chi connectivity index (χ1v) is 7.04. The Morgan fingerprint density at radius 2 is 2.15 bits per heavy atom. The Bertz CT molecular complexity index is 270. The molecule has 0 rings (SSSR count). The van der Waals surface area contributed by atoms with Crippen LogP contribution in [0.4, 0.5) is 0 Å². The van der Waals surface area contributed by atoms with Gasteiger partial charge in [0.2, 0.25) is 0 Å². The highest BCUT2D eigenvalue weighted by atomic mass is 32.2. The van der Waals surface area contributed by atoms with Gasteiger partial charge in [-0.2, -0.15) is 11.8 Å². The van der Waals surface area contributed by atoms with Crippen LogP contribution < -0.4 is 0 Å². The van der Waals surface area contributed by atoms with Gasteiger partial charge in [-0.1, -0.05) is 5.11 Å². The third-order valence-corrected chi connectivity index (χ3v) is 3.48. The van der Waals surface area contributed by atoms with Gasteiger partial charge in [-0.05, 0) is 17.7 Å². The lowest BCUT2D eigenvalue weighted by molar-refractivity contribution is 0.603. The molecule has 0 bridgehead atoms. The van der Waals surface area contributed by atoms with E-state index in [2.05, 4.69) is 10.0 Å². The van der Waals surface area contributed by atoms with Gasteiger partial charge in [0.25, 0.3) is 0 Å². The van der Waals surface area contributed by atoms with Gasteiger partial charge in [0.05, 0.1) is 5.75 Å². The van der Waals surface area contributed by atoms with Crippen molar-refractivity contribution >= 4 is 21.6 Å². The number of hydrogen-bond donors (Lipinski definition) is 0. The second kappa shape index (κ2) is 7.06. The monoisotopic (exact) mass is 223 g/mol. The lowest BCUT2D eigenvalue weighted by atomic mass is 10.5. The van der Waals surface area contributed by atoms with Gasteiger partial charge < -0.3 is 0 Å². The van der Waals surface area contributed by atoms with Gasteiger partial charge in [-0.15, -0.1) is 0 Å². The van der Waals surface area contributed by atoms with Gasteiger partial charge in [0.15, 0.2) is 0 Å². The van der Waals surface area contributed by atoms with E-state index in [4.69, 9.17) is 5.53 Å². The number of hydrogen-bond acceptors (Lipinski definition) is 4. The highest BCUT2D eigenvalue weighted by molar-refractivity contribution is 8.00. The summed E-state index contributed by atoms with van der Waals surface area (Å²) in [6, 6.07) is 0. The van der Waals surface area contributed by atoms with Crippen molar-refractivity contribution in [2.45, 2.75) is 6.42 Å². The van der Waals surface area contributed by atoms with Crippen LogP contribution in [0.5, 0.6) is 0 Å². The second-order valence-corrected chi connectivity index (χ2v) is 6.03. The summed E-state index contributed by atoms with van der Waals surface area (Å²) in [5.74, 6) is 1.68. The van der Waals surface area contributed by atoms with Crippen LogP contribution in [-0.2, 0) is 9.84 Å². The molecule has 0 aliphatic carbocycles. The molecule has 0 N–H and O–H groups in total. The zero-order chi connectivity index (χ0) is 10.2. The van der Waals surface area contributed by atoms with E-state index in [0.29, 0.717) is 12.3 Å². The summed E-state index contributed by atoms with van der Waals surface area (Å²) >= 11 is 1.57. The molecule has 0 spiro atoms. The lowest BCUT2D eigenvalue weighted by Gasteiger charge is -1.97. The molecule has 0 saturated heterocycles. The van der Waals surface area contributed by atoms with Crippen LogP contribution in [0.2, 0.25) is 0 Å². The molecule has 0 aromatic rings. The molecule has 0 aliphatic heterocycles. The fourth-order valence-corrected chi connectivity index (χ4v) is 2.81. The van der Waals surface area contributed by atoms with Crippen molar-refractivity contribution in [3.63, 3.8) is 0 Å². The van der Waals surface area contributed by atoms with Gasteiger partial charge >= 0.3 is 0 Å². The first-order valence-electron chi connectivity index (χ1n) is 3.82. The lowest BCUT2D eigenvalue weighted by Crippen LogP contribution is -2.05. The zero-order valence-corrected chi connectivity index (χ0v) is 9.14. The van der Waals surface area contributed by atoms with E-state index in [-0.39, 0.29) is 5.75 Å². The van der Waals surface area contributed by atoms with E-state index in [0.717, 1.165) is 12.2 Å². The maximum Gasteiger partial charge on any atom is 0.148 e. The molecule has 76 valence electrons. The molecular formula is C6H13N3O2S2. The topological polar surface area (TPSA) is 82.9 Å². The Labute approximate surface area is 82.4 Å². The fraction of sp³-hybridized carbons (Fsp3) is 1.00. The summed E-state index contributed by atoms with van der Waals surface area (Å²) in [5.41, 5.74) is 7.95. The molecule has 0 fully saturated rings. The molecule has 0 aliphatic rings. The van der Waals surface area contributed by atoms with Crippen LogP contribution >= 0.6 is 11.8 Å². The van der Waals surface area contributed by atoms with Crippen molar-refractivity contribution in [1.29, 1.82) is 0 Å². The molecule has 7 heteroatoms. The second-order valence-electron chi connectivity index (χ2n) is 2.55. The smallest absolute Gasteiger partial charge is 0.148 e. The number of nitrogens with zero attached hydrogens (tertiary/aromatic N) is 3. The molecule has 5 nitrogen and oxygen atoms in total. The maximum absolute atomic E-state index is 10.7. The Balaban J connectivity index is 3.22. The SMILES string of the molecule is CS(=O)(=O)CCSCCCN=[N+]=[N-]. The van der Waals surface area contributed by atoms with E-state index in [1.54, 1.807) is 11.8 Å². The standard InChI is InChI=1S/C6H13N3O2S2/c1-13(10,11)6-5-12-4-2-3-8-9-7/h2-6H2,1H3. The van der Waals surface area contributed by atoms with Crippen molar-refractivity contribution in [3.8, 4) is 0 Å². The highest BCUT2D eigenvalue weighted by Crippen LogP contribution is 2.03. The number of sulfone groups is 1. The van der Waals surface area contributed by atoms with Crippen LogP contribution in [0.15, 0.2) is 5.11 Å². The Kier molecular flexibility index (Phi) is 6.84. The molecule has 0 unspecified atom stereocenters. The van der Waals surface area contributed by atoms with Gasteiger partial charge in [-0.3, -0.25) is 0 Å². The number of azide groups is 1. The first kappa shape index (κ1) is 12.6. The minimum Gasteiger partial charge on any atom is -0.229 e. The molecule has 13 heavy (non-hydrogen) atoms. The quantitative estimate of drug-likeness (QED) is 0.283. The summed E-state index contributed by atoms with van der Waals surface area (Å²) < 4.78 is 21.4. The predicted molar refractivity (Wildman–Crippen MR) is 55.7 cm³/mol. The number of thioether (sulfide) groups is 1. The summed E-state index contributed by atoms with van der Waals surface area (Å²) in [4.78, 5) is 2.61. The fourth-order valence-electron chi connectivity index (χ4n) is 0.594. The third kappa shape index (κ3) is 11.6. The van der Waals surface area contributed by atoms with Crippen LogP contribution in [-0.4, -0.2) is 38.5 Å². The molecule has 0 aromatic heterocycles. The average molecular weight is 223 g/mol. The van der Waals surface area contributed by atoms with Gasteiger partial charge in [0.1, 0.15) is 9.84 Å². The van der Waals surface area contributed by atoms with Gasteiger partial charge in [-0.25, -0.2) is 8.42 Å². The normalized spacial score (nSPS) is 10.8.